The summed E-state index contributed by atoms with van der Waals surface area (Å²) < 4.78 is 5.13. The maximum atomic E-state index is 5.13. The Morgan fingerprint density at radius 1 is 1.32 bits per heavy atom. The zero-order chi connectivity index (χ0) is 15.4. The highest BCUT2D eigenvalue weighted by Gasteiger charge is 2.35. The van der Waals surface area contributed by atoms with Crippen molar-refractivity contribution >= 4 is 5.96 Å². The highest BCUT2D eigenvalue weighted by molar-refractivity contribution is 5.80. The molecule has 1 aromatic heterocycles. The maximum absolute atomic E-state index is 5.13. The molecule has 2 aliphatic rings. The molecule has 6 nitrogen and oxygen atoms in total. The SMILES string of the molecule is CCc1nc(CCNC(=NC)N2CC3CCCCC3C2)no1. The number of hydrogen-bond acceptors (Lipinski definition) is 4. The third kappa shape index (κ3) is 3.42. The number of hydrogen-bond donors (Lipinski definition) is 1. The van der Waals surface area contributed by atoms with Crippen LogP contribution < -0.4 is 5.32 Å². The van der Waals surface area contributed by atoms with Crippen LogP contribution in [0.2, 0.25) is 0 Å². The van der Waals surface area contributed by atoms with Crippen LogP contribution in [0.25, 0.3) is 0 Å². The lowest BCUT2D eigenvalue weighted by atomic mass is 9.82. The molecular formula is C16H27N5O. The normalized spacial score (nSPS) is 25.4. The highest BCUT2D eigenvalue weighted by Crippen LogP contribution is 2.35. The minimum absolute atomic E-state index is 0.711. The van der Waals surface area contributed by atoms with Crippen LogP contribution in [0.3, 0.4) is 0 Å². The van der Waals surface area contributed by atoms with Crippen molar-refractivity contribution in [3.8, 4) is 0 Å². The van der Waals surface area contributed by atoms with Gasteiger partial charge in [-0.3, -0.25) is 4.99 Å². The minimum atomic E-state index is 0.711. The second-order valence-electron chi connectivity index (χ2n) is 6.39. The molecule has 1 aliphatic heterocycles. The van der Waals surface area contributed by atoms with Crippen molar-refractivity contribution in [3.05, 3.63) is 11.7 Å². The summed E-state index contributed by atoms with van der Waals surface area (Å²) in [6.07, 6.45) is 7.14. The largest absolute Gasteiger partial charge is 0.356 e. The Balaban J connectivity index is 1.48. The average Bonchev–Trinajstić information content (AvgIpc) is 3.17. The molecule has 2 unspecified atom stereocenters. The Kier molecular flexibility index (Phi) is 4.95. The average molecular weight is 305 g/mol. The van der Waals surface area contributed by atoms with E-state index in [4.69, 9.17) is 4.52 Å². The predicted molar refractivity (Wildman–Crippen MR) is 85.8 cm³/mol. The quantitative estimate of drug-likeness (QED) is 0.679. The summed E-state index contributed by atoms with van der Waals surface area (Å²) in [4.78, 5) is 11.2. The van der Waals surface area contributed by atoms with E-state index in [0.29, 0.717) is 5.89 Å². The first-order valence-electron chi connectivity index (χ1n) is 8.57. The Hall–Kier alpha value is -1.59. The molecule has 6 heteroatoms. The van der Waals surface area contributed by atoms with Crippen LogP contribution in [-0.2, 0) is 12.8 Å². The van der Waals surface area contributed by atoms with Crippen molar-refractivity contribution in [1.82, 2.24) is 20.4 Å². The van der Waals surface area contributed by atoms with Gasteiger partial charge >= 0.3 is 0 Å². The van der Waals surface area contributed by atoms with Crippen LogP contribution in [0, 0.1) is 11.8 Å². The second-order valence-corrected chi connectivity index (χ2v) is 6.39. The molecule has 0 aromatic carbocycles. The zero-order valence-corrected chi connectivity index (χ0v) is 13.7. The molecule has 1 saturated heterocycles. The number of nitrogens with one attached hydrogen (secondary N) is 1. The first-order chi connectivity index (χ1) is 10.8. The van der Waals surface area contributed by atoms with Crippen LogP contribution in [-0.4, -0.2) is 47.7 Å². The van der Waals surface area contributed by atoms with Gasteiger partial charge in [0.2, 0.25) is 5.89 Å². The molecule has 2 atom stereocenters. The van der Waals surface area contributed by atoms with Gasteiger partial charge in [0.05, 0.1) is 0 Å². The Labute approximate surface area is 132 Å². The topological polar surface area (TPSA) is 66.6 Å². The fourth-order valence-electron chi connectivity index (χ4n) is 3.73. The molecule has 0 spiro atoms. The van der Waals surface area contributed by atoms with E-state index >= 15 is 0 Å². The smallest absolute Gasteiger partial charge is 0.226 e. The molecule has 0 radical (unpaired) electrons. The molecule has 1 saturated carbocycles. The van der Waals surface area contributed by atoms with Crippen molar-refractivity contribution < 1.29 is 4.52 Å². The van der Waals surface area contributed by atoms with Crippen LogP contribution in [0.1, 0.15) is 44.3 Å². The lowest BCUT2D eigenvalue weighted by Gasteiger charge is -2.22. The van der Waals surface area contributed by atoms with Crippen molar-refractivity contribution in [2.24, 2.45) is 16.8 Å². The Morgan fingerprint density at radius 3 is 2.64 bits per heavy atom. The van der Waals surface area contributed by atoms with Crippen LogP contribution in [0.5, 0.6) is 0 Å². The third-order valence-electron chi connectivity index (χ3n) is 4.93. The summed E-state index contributed by atoms with van der Waals surface area (Å²) in [5, 5.41) is 7.44. The summed E-state index contributed by atoms with van der Waals surface area (Å²) in [5.74, 6) is 4.25. The molecule has 1 aromatic rings. The van der Waals surface area contributed by atoms with Gasteiger partial charge in [0.15, 0.2) is 11.8 Å². The van der Waals surface area contributed by atoms with Gasteiger partial charge in [0.1, 0.15) is 0 Å². The minimum Gasteiger partial charge on any atom is -0.356 e. The fraction of sp³-hybridized carbons (Fsp3) is 0.812. The number of guanidine groups is 1. The first-order valence-corrected chi connectivity index (χ1v) is 8.57. The number of aliphatic imine (C=N–C) groups is 1. The van der Waals surface area contributed by atoms with E-state index in [9.17, 15) is 0 Å². The molecule has 0 amide bonds. The van der Waals surface area contributed by atoms with E-state index in [2.05, 4.69) is 25.3 Å². The summed E-state index contributed by atoms with van der Waals surface area (Å²) >= 11 is 0. The van der Waals surface area contributed by atoms with E-state index in [1.54, 1.807) is 0 Å². The number of aryl methyl sites for hydroxylation is 1. The van der Waals surface area contributed by atoms with E-state index in [-0.39, 0.29) is 0 Å². The van der Waals surface area contributed by atoms with Gasteiger partial charge in [0.25, 0.3) is 0 Å². The van der Waals surface area contributed by atoms with Gasteiger partial charge in [0, 0.05) is 39.5 Å². The van der Waals surface area contributed by atoms with Gasteiger partial charge < -0.3 is 14.7 Å². The molecule has 1 N–H and O–H groups in total. The van der Waals surface area contributed by atoms with Gasteiger partial charge in [-0.2, -0.15) is 4.98 Å². The first kappa shape index (κ1) is 15.3. The predicted octanol–water partition coefficient (Wildman–Crippen LogP) is 1.87. The molecular weight excluding hydrogens is 278 g/mol. The standard InChI is InChI=1S/C16H27N5O/c1-3-15-19-14(20-22-15)8-9-18-16(17-2)21-10-12-6-4-5-7-13(12)11-21/h12-13H,3-11H2,1-2H3,(H,17,18). The number of likely N-dealkylation sites (tertiary alicyclic amines) is 1. The van der Waals surface area contributed by atoms with E-state index < -0.39 is 0 Å². The maximum Gasteiger partial charge on any atom is 0.226 e. The van der Waals surface area contributed by atoms with E-state index in [1.807, 2.05) is 14.0 Å². The van der Waals surface area contributed by atoms with Gasteiger partial charge in [-0.1, -0.05) is 24.9 Å². The number of fused-ring (bicyclic) bond motifs is 1. The summed E-state index contributed by atoms with van der Waals surface area (Å²) in [6, 6.07) is 0. The van der Waals surface area contributed by atoms with Crippen molar-refractivity contribution in [1.29, 1.82) is 0 Å². The number of rotatable bonds is 4. The van der Waals surface area contributed by atoms with Crippen LogP contribution in [0.15, 0.2) is 9.52 Å². The molecule has 122 valence electrons. The van der Waals surface area contributed by atoms with Gasteiger partial charge in [-0.15, -0.1) is 0 Å². The summed E-state index contributed by atoms with van der Waals surface area (Å²) in [5.41, 5.74) is 0. The Morgan fingerprint density at radius 2 is 2.05 bits per heavy atom. The van der Waals surface area contributed by atoms with E-state index in [0.717, 1.165) is 56.1 Å². The van der Waals surface area contributed by atoms with Crippen molar-refractivity contribution in [2.45, 2.75) is 45.4 Å². The van der Waals surface area contributed by atoms with E-state index in [1.165, 1.54) is 25.7 Å². The van der Waals surface area contributed by atoms with Crippen LogP contribution >= 0.6 is 0 Å². The molecule has 3 rings (SSSR count). The van der Waals surface area contributed by atoms with Gasteiger partial charge in [-0.05, 0) is 24.7 Å². The van der Waals surface area contributed by atoms with Crippen LogP contribution in [0.4, 0.5) is 0 Å². The number of aromatic nitrogens is 2. The summed E-state index contributed by atoms with van der Waals surface area (Å²) in [7, 11) is 1.87. The second kappa shape index (κ2) is 7.11. The highest BCUT2D eigenvalue weighted by atomic mass is 16.5. The lowest BCUT2D eigenvalue weighted by Crippen LogP contribution is -2.41. The molecule has 2 heterocycles. The molecule has 1 aliphatic carbocycles. The third-order valence-corrected chi connectivity index (χ3v) is 4.93. The molecule has 0 bridgehead atoms. The molecule has 22 heavy (non-hydrogen) atoms. The number of nitrogens with zero attached hydrogens (tertiary/aromatic N) is 4. The fourth-order valence-corrected chi connectivity index (χ4v) is 3.73. The van der Waals surface area contributed by atoms with Crippen molar-refractivity contribution in [3.63, 3.8) is 0 Å². The van der Waals surface area contributed by atoms with Gasteiger partial charge in [-0.25, -0.2) is 0 Å². The lowest BCUT2D eigenvalue weighted by molar-refractivity contribution is 0.299. The summed E-state index contributed by atoms with van der Waals surface area (Å²) in [6.45, 7) is 5.13. The monoisotopic (exact) mass is 305 g/mol. The van der Waals surface area contributed by atoms with Crippen molar-refractivity contribution in [2.75, 3.05) is 26.7 Å². The zero-order valence-electron chi connectivity index (χ0n) is 13.7. The Bertz CT molecular complexity index is 498. The molecule has 2 fully saturated rings.